The number of carbonyl (C=O) groups excluding carboxylic acids is 2. The zero-order chi connectivity index (χ0) is 23.1. The fraction of sp³-hybridized carbons (Fsp3) is 0.185. The molecule has 0 aliphatic carbocycles. The lowest BCUT2D eigenvalue weighted by Crippen LogP contribution is -2.29. The number of methoxy groups -OCH3 is 1. The second kappa shape index (κ2) is 8.13. The van der Waals surface area contributed by atoms with Gasteiger partial charge >= 0.3 is 0 Å². The van der Waals surface area contributed by atoms with Crippen molar-refractivity contribution in [3.05, 3.63) is 95.1 Å². The van der Waals surface area contributed by atoms with Crippen molar-refractivity contribution < 1.29 is 24.2 Å². The molecule has 6 nitrogen and oxygen atoms in total. The summed E-state index contributed by atoms with van der Waals surface area (Å²) in [6.07, 6.45) is 0.770. The molecule has 0 saturated carbocycles. The van der Waals surface area contributed by atoms with Gasteiger partial charge in [0.2, 0.25) is 0 Å². The van der Waals surface area contributed by atoms with Gasteiger partial charge in [0.15, 0.2) is 0 Å². The number of ketones is 1. The molecule has 2 aliphatic heterocycles. The molecular formula is C27H23NO5. The summed E-state index contributed by atoms with van der Waals surface area (Å²) in [6, 6.07) is 20.7. The molecule has 5 rings (SSSR count). The van der Waals surface area contributed by atoms with E-state index in [0.29, 0.717) is 29.0 Å². The zero-order valence-electron chi connectivity index (χ0n) is 18.3. The van der Waals surface area contributed by atoms with Crippen LogP contribution in [0.5, 0.6) is 11.5 Å². The zero-order valence-corrected chi connectivity index (χ0v) is 18.3. The van der Waals surface area contributed by atoms with E-state index >= 15 is 0 Å². The maximum Gasteiger partial charge on any atom is 0.300 e. The first kappa shape index (κ1) is 20.8. The summed E-state index contributed by atoms with van der Waals surface area (Å²) in [6.45, 7) is 1.98. The van der Waals surface area contributed by atoms with Gasteiger partial charge in [-0.05, 0) is 60.5 Å². The van der Waals surface area contributed by atoms with E-state index in [9.17, 15) is 14.7 Å². The molecule has 0 spiro atoms. The van der Waals surface area contributed by atoms with Gasteiger partial charge in [-0.15, -0.1) is 0 Å². The van der Waals surface area contributed by atoms with E-state index in [-0.39, 0.29) is 17.4 Å². The fourth-order valence-electron chi connectivity index (χ4n) is 4.54. The van der Waals surface area contributed by atoms with Gasteiger partial charge in [-0.2, -0.15) is 0 Å². The predicted octanol–water partition coefficient (Wildman–Crippen LogP) is 4.64. The number of ether oxygens (including phenoxy) is 2. The van der Waals surface area contributed by atoms with E-state index in [1.54, 1.807) is 61.7 Å². The molecule has 1 saturated heterocycles. The number of hydrogen-bond acceptors (Lipinski definition) is 5. The predicted molar refractivity (Wildman–Crippen MR) is 124 cm³/mol. The molecule has 2 heterocycles. The number of nitrogens with zero attached hydrogens (tertiary/aromatic N) is 1. The molecule has 6 heteroatoms. The van der Waals surface area contributed by atoms with Crippen molar-refractivity contribution in [2.24, 2.45) is 0 Å². The van der Waals surface area contributed by atoms with Crippen molar-refractivity contribution in [1.29, 1.82) is 0 Å². The fourth-order valence-corrected chi connectivity index (χ4v) is 4.54. The third-order valence-electron chi connectivity index (χ3n) is 6.06. The molecule has 2 aliphatic rings. The van der Waals surface area contributed by atoms with Gasteiger partial charge in [0, 0.05) is 17.7 Å². The highest BCUT2D eigenvalue weighted by molar-refractivity contribution is 6.51. The first-order valence-electron chi connectivity index (χ1n) is 10.8. The lowest BCUT2D eigenvalue weighted by molar-refractivity contribution is -0.132. The van der Waals surface area contributed by atoms with Gasteiger partial charge < -0.3 is 14.6 Å². The Balaban J connectivity index is 1.70. The van der Waals surface area contributed by atoms with Crippen LogP contribution in [0.2, 0.25) is 0 Å². The Morgan fingerprint density at radius 2 is 1.82 bits per heavy atom. The summed E-state index contributed by atoms with van der Waals surface area (Å²) in [4.78, 5) is 27.9. The molecule has 2 unspecified atom stereocenters. The Hall–Kier alpha value is -4.06. The SMILES string of the molecule is COc1cccc(C2/C(=C(/O)c3ccc4c(c3)CC(C)O4)C(=O)C(=O)N2c2ccccc2)c1. The Kier molecular flexibility index (Phi) is 5.13. The molecule has 166 valence electrons. The van der Waals surface area contributed by atoms with Crippen LogP contribution in [0.1, 0.15) is 29.7 Å². The average molecular weight is 441 g/mol. The number of para-hydroxylation sites is 1. The van der Waals surface area contributed by atoms with Crippen LogP contribution in [0.25, 0.3) is 5.76 Å². The quantitative estimate of drug-likeness (QED) is 0.363. The number of hydrogen-bond donors (Lipinski definition) is 1. The average Bonchev–Trinajstić information content (AvgIpc) is 3.34. The third-order valence-corrected chi connectivity index (χ3v) is 6.06. The van der Waals surface area contributed by atoms with Crippen molar-refractivity contribution in [2.45, 2.75) is 25.5 Å². The van der Waals surface area contributed by atoms with Gasteiger partial charge in [-0.1, -0.05) is 30.3 Å². The monoisotopic (exact) mass is 441 g/mol. The topological polar surface area (TPSA) is 76.1 Å². The maximum absolute atomic E-state index is 13.3. The van der Waals surface area contributed by atoms with Crippen molar-refractivity contribution in [2.75, 3.05) is 12.0 Å². The summed E-state index contributed by atoms with van der Waals surface area (Å²) in [7, 11) is 1.56. The molecule has 3 aromatic carbocycles. The minimum Gasteiger partial charge on any atom is -0.507 e. The second-order valence-corrected chi connectivity index (χ2v) is 8.24. The Morgan fingerprint density at radius 1 is 1.03 bits per heavy atom. The molecule has 0 aromatic heterocycles. The normalized spacial score (nSPS) is 21.1. The molecule has 33 heavy (non-hydrogen) atoms. The number of fused-ring (bicyclic) bond motifs is 1. The Labute approximate surface area is 191 Å². The van der Waals surface area contributed by atoms with Crippen molar-refractivity contribution in [3.8, 4) is 11.5 Å². The molecule has 0 radical (unpaired) electrons. The number of Topliss-reactive ketones (excluding diaryl/α,β-unsaturated/α-hetero) is 1. The molecule has 3 aromatic rings. The van der Waals surface area contributed by atoms with Crippen LogP contribution in [0.15, 0.2) is 78.4 Å². The van der Waals surface area contributed by atoms with E-state index in [0.717, 1.165) is 11.3 Å². The third kappa shape index (κ3) is 3.53. The van der Waals surface area contributed by atoms with E-state index in [1.165, 1.54) is 4.90 Å². The minimum atomic E-state index is -0.800. The van der Waals surface area contributed by atoms with Gasteiger partial charge in [0.05, 0.1) is 18.7 Å². The van der Waals surface area contributed by atoms with E-state index in [2.05, 4.69) is 0 Å². The molecule has 0 bridgehead atoms. The molecule has 1 N–H and O–H groups in total. The van der Waals surface area contributed by atoms with Crippen LogP contribution in [0.3, 0.4) is 0 Å². The molecule has 2 atom stereocenters. The minimum absolute atomic E-state index is 0.0454. The van der Waals surface area contributed by atoms with Gasteiger partial charge in [-0.25, -0.2) is 0 Å². The number of anilines is 1. The smallest absolute Gasteiger partial charge is 0.300 e. The van der Waals surface area contributed by atoms with Crippen LogP contribution in [-0.4, -0.2) is 30.0 Å². The van der Waals surface area contributed by atoms with Crippen LogP contribution in [-0.2, 0) is 16.0 Å². The van der Waals surface area contributed by atoms with Crippen molar-refractivity contribution in [3.63, 3.8) is 0 Å². The first-order valence-corrected chi connectivity index (χ1v) is 10.8. The Morgan fingerprint density at radius 3 is 2.58 bits per heavy atom. The van der Waals surface area contributed by atoms with Crippen LogP contribution in [0.4, 0.5) is 5.69 Å². The summed E-state index contributed by atoms with van der Waals surface area (Å²) in [5.41, 5.74) is 2.72. The largest absolute Gasteiger partial charge is 0.507 e. The van der Waals surface area contributed by atoms with Crippen molar-refractivity contribution >= 4 is 23.1 Å². The lowest BCUT2D eigenvalue weighted by atomic mass is 9.94. The Bertz CT molecular complexity index is 1280. The van der Waals surface area contributed by atoms with Crippen molar-refractivity contribution in [1.82, 2.24) is 0 Å². The van der Waals surface area contributed by atoms with E-state index < -0.39 is 17.7 Å². The van der Waals surface area contributed by atoms with E-state index in [4.69, 9.17) is 9.47 Å². The molecular weight excluding hydrogens is 418 g/mol. The lowest BCUT2D eigenvalue weighted by Gasteiger charge is -2.25. The summed E-state index contributed by atoms with van der Waals surface area (Å²) < 4.78 is 11.1. The summed E-state index contributed by atoms with van der Waals surface area (Å²) in [5, 5.41) is 11.3. The molecule has 1 amide bonds. The van der Waals surface area contributed by atoms with E-state index in [1.807, 2.05) is 25.1 Å². The highest BCUT2D eigenvalue weighted by Crippen LogP contribution is 2.43. The summed E-state index contributed by atoms with van der Waals surface area (Å²) >= 11 is 0. The standard InChI is InChI=1S/C27H23NO5/c1-16-13-19-14-18(11-12-22(19)33-16)25(29)23-24(17-7-6-10-21(15-17)32-2)28(27(31)26(23)30)20-8-4-3-5-9-20/h3-12,14-16,24,29H,13H2,1-2H3/b25-23-. The number of benzene rings is 3. The number of aliphatic hydroxyl groups is 1. The summed E-state index contributed by atoms with van der Waals surface area (Å²) in [5.74, 6) is -0.257. The highest BCUT2D eigenvalue weighted by atomic mass is 16.5. The van der Waals surface area contributed by atoms with Gasteiger partial charge in [0.1, 0.15) is 23.4 Å². The second-order valence-electron chi connectivity index (χ2n) is 8.24. The van der Waals surface area contributed by atoms with Gasteiger partial charge in [-0.3, -0.25) is 14.5 Å². The molecule has 1 fully saturated rings. The number of amides is 1. The number of aliphatic hydroxyl groups excluding tert-OH is 1. The van der Waals surface area contributed by atoms with Gasteiger partial charge in [0.25, 0.3) is 11.7 Å². The number of rotatable bonds is 4. The van der Waals surface area contributed by atoms with Crippen LogP contribution in [0, 0.1) is 0 Å². The van der Waals surface area contributed by atoms with Crippen LogP contribution >= 0.6 is 0 Å². The number of carbonyl (C=O) groups is 2. The van der Waals surface area contributed by atoms with Crippen LogP contribution < -0.4 is 14.4 Å². The first-order chi connectivity index (χ1) is 16.0. The maximum atomic E-state index is 13.3. The highest BCUT2D eigenvalue weighted by Gasteiger charge is 2.47.